The number of nitrogens with zero attached hydrogens (tertiary/aromatic N) is 4. The molecule has 20 heavy (non-hydrogen) atoms. The van der Waals surface area contributed by atoms with Crippen molar-refractivity contribution in [2.45, 2.75) is 33.1 Å². The minimum atomic E-state index is -4.28. The molecule has 0 unspecified atom stereocenters. The van der Waals surface area contributed by atoms with Crippen LogP contribution in [0.3, 0.4) is 0 Å². The van der Waals surface area contributed by atoms with Crippen LogP contribution in [0.5, 0.6) is 0 Å². The van der Waals surface area contributed by atoms with Crippen molar-refractivity contribution < 1.29 is 13.2 Å². The van der Waals surface area contributed by atoms with Gasteiger partial charge in [0.05, 0.1) is 17.9 Å². The van der Waals surface area contributed by atoms with Gasteiger partial charge in [-0.15, -0.1) is 0 Å². The maximum Gasteiger partial charge on any atom is 0.408 e. The van der Waals surface area contributed by atoms with Crippen LogP contribution in [0.2, 0.25) is 0 Å². The van der Waals surface area contributed by atoms with E-state index in [9.17, 15) is 13.2 Å². The predicted molar refractivity (Wildman–Crippen MR) is 67.1 cm³/mol. The molecule has 0 radical (unpaired) electrons. The average Bonchev–Trinajstić information content (AvgIpc) is 2.67. The van der Waals surface area contributed by atoms with E-state index in [1.807, 2.05) is 6.92 Å². The van der Waals surface area contributed by atoms with Gasteiger partial charge in [0.15, 0.2) is 0 Å². The molecule has 0 aromatic carbocycles. The Morgan fingerprint density at radius 3 is 2.55 bits per heavy atom. The highest BCUT2D eigenvalue weighted by molar-refractivity contribution is 5.36. The van der Waals surface area contributed by atoms with Crippen LogP contribution in [0.1, 0.15) is 17.1 Å². The molecule has 2 rings (SSSR count). The molecule has 108 valence electrons. The SMILES string of the molecule is Cc1nccnc1CNc1cc(C)n(CC(F)(F)F)n1. The number of hydrogen-bond donors (Lipinski definition) is 1. The maximum absolute atomic E-state index is 12.3. The zero-order valence-corrected chi connectivity index (χ0v) is 11.1. The molecule has 0 atom stereocenters. The van der Waals surface area contributed by atoms with Crippen LogP contribution < -0.4 is 5.32 Å². The molecule has 0 amide bonds. The third kappa shape index (κ3) is 3.69. The van der Waals surface area contributed by atoms with Crippen LogP contribution in [0.4, 0.5) is 19.0 Å². The molecule has 5 nitrogen and oxygen atoms in total. The largest absolute Gasteiger partial charge is 0.408 e. The summed E-state index contributed by atoms with van der Waals surface area (Å²) in [5.41, 5.74) is 1.95. The van der Waals surface area contributed by atoms with E-state index in [4.69, 9.17) is 0 Å². The minimum Gasteiger partial charge on any atom is -0.363 e. The summed E-state index contributed by atoms with van der Waals surface area (Å²) in [6.07, 6.45) is -1.13. The minimum absolute atomic E-state index is 0.363. The van der Waals surface area contributed by atoms with E-state index in [2.05, 4.69) is 20.4 Å². The first-order valence-corrected chi connectivity index (χ1v) is 5.97. The lowest BCUT2D eigenvalue weighted by Gasteiger charge is -2.07. The number of halogens is 3. The van der Waals surface area contributed by atoms with Crippen LogP contribution in [0.25, 0.3) is 0 Å². The Labute approximate surface area is 113 Å². The van der Waals surface area contributed by atoms with Crippen LogP contribution in [0.15, 0.2) is 18.5 Å². The molecule has 0 fully saturated rings. The normalized spacial score (nSPS) is 11.7. The van der Waals surface area contributed by atoms with Crippen molar-refractivity contribution >= 4 is 5.82 Å². The lowest BCUT2D eigenvalue weighted by atomic mass is 10.3. The van der Waals surface area contributed by atoms with Crippen molar-refractivity contribution in [1.29, 1.82) is 0 Å². The van der Waals surface area contributed by atoms with Crippen molar-refractivity contribution in [2.75, 3.05) is 5.32 Å². The van der Waals surface area contributed by atoms with Crippen molar-refractivity contribution in [3.8, 4) is 0 Å². The van der Waals surface area contributed by atoms with Crippen molar-refractivity contribution in [2.24, 2.45) is 0 Å². The number of alkyl halides is 3. The molecule has 0 aliphatic rings. The molecular weight excluding hydrogens is 271 g/mol. The van der Waals surface area contributed by atoms with Gasteiger partial charge in [-0.2, -0.15) is 18.3 Å². The number of aryl methyl sites for hydroxylation is 2. The topological polar surface area (TPSA) is 55.6 Å². The zero-order valence-electron chi connectivity index (χ0n) is 11.1. The third-order valence-electron chi connectivity index (χ3n) is 2.73. The summed E-state index contributed by atoms with van der Waals surface area (Å²) < 4.78 is 37.9. The highest BCUT2D eigenvalue weighted by Crippen LogP contribution is 2.19. The lowest BCUT2D eigenvalue weighted by molar-refractivity contribution is -0.142. The second-order valence-corrected chi connectivity index (χ2v) is 4.39. The van der Waals surface area contributed by atoms with Gasteiger partial charge < -0.3 is 5.32 Å². The second kappa shape index (κ2) is 5.48. The van der Waals surface area contributed by atoms with Gasteiger partial charge in [0, 0.05) is 24.2 Å². The Hall–Kier alpha value is -2.12. The van der Waals surface area contributed by atoms with Crippen LogP contribution in [-0.4, -0.2) is 25.9 Å². The summed E-state index contributed by atoms with van der Waals surface area (Å²) in [4.78, 5) is 8.23. The molecular formula is C12H14F3N5. The molecule has 2 aromatic heterocycles. The number of hydrogen-bond acceptors (Lipinski definition) is 4. The molecule has 0 saturated heterocycles. The smallest absolute Gasteiger partial charge is 0.363 e. The van der Waals surface area contributed by atoms with Gasteiger partial charge in [0.2, 0.25) is 0 Å². The van der Waals surface area contributed by atoms with Crippen LogP contribution >= 0.6 is 0 Å². The molecule has 0 spiro atoms. The summed E-state index contributed by atoms with van der Waals surface area (Å²) in [5, 5.41) is 6.82. The summed E-state index contributed by atoms with van der Waals surface area (Å²) in [6.45, 7) is 2.67. The maximum atomic E-state index is 12.3. The van der Waals surface area contributed by atoms with E-state index < -0.39 is 12.7 Å². The van der Waals surface area contributed by atoms with Crippen molar-refractivity contribution in [1.82, 2.24) is 19.7 Å². The monoisotopic (exact) mass is 285 g/mol. The van der Waals surface area contributed by atoms with Gasteiger partial charge in [-0.3, -0.25) is 14.6 Å². The first kappa shape index (κ1) is 14.3. The van der Waals surface area contributed by atoms with Gasteiger partial charge in [0.25, 0.3) is 0 Å². The Morgan fingerprint density at radius 1 is 1.20 bits per heavy atom. The molecule has 2 aromatic rings. The Kier molecular flexibility index (Phi) is 3.91. The quantitative estimate of drug-likeness (QED) is 0.937. The zero-order chi connectivity index (χ0) is 14.8. The molecule has 0 aliphatic heterocycles. The van der Waals surface area contributed by atoms with E-state index in [0.717, 1.165) is 16.1 Å². The fourth-order valence-corrected chi connectivity index (χ4v) is 1.71. The van der Waals surface area contributed by atoms with Crippen molar-refractivity contribution in [3.63, 3.8) is 0 Å². The second-order valence-electron chi connectivity index (χ2n) is 4.39. The van der Waals surface area contributed by atoms with E-state index in [1.54, 1.807) is 25.4 Å². The Bertz CT molecular complexity index is 591. The molecule has 0 aliphatic carbocycles. The molecule has 8 heteroatoms. The van der Waals surface area contributed by atoms with Gasteiger partial charge in [-0.25, -0.2) is 0 Å². The third-order valence-corrected chi connectivity index (χ3v) is 2.73. The van der Waals surface area contributed by atoms with Gasteiger partial charge in [0.1, 0.15) is 12.4 Å². The Morgan fingerprint density at radius 2 is 1.90 bits per heavy atom. The molecule has 0 bridgehead atoms. The number of nitrogens with one attached hydrogen (secondary N) is 1. The van der Waals surface area contributed by atoms with Crippen LogP contribution in [0, 0.1) is 13.8 Å². The summed E-state index contributed by atoms with van der Waals surface area (Å²) in [6, 6.07) is 1.57. The van der Waals surface area contributed by atoms with E-state index in [-0.39, 0.29) is 0 Å². The highest BCUT2D eigenvalue weighted by Gasteiger charge is 2.29. The standard InChI is InChI=1S/C12H14F3N5/c1-8-5-11(19-20(8)7-12(13,14)15)18-6-10-9(2)16-3-4-17-10/h3-5H,6-7H2,1-2H3,(H,18,19). The van der Waals surface area contributed by atoms with E-state index >= 15 is 0 Å². The summed E-state index contributed by atoms with van der Waals surface area (Å²) >= 11 is 0. The van der Waals surface area contributed by atoms with Gasteiger partial charge >= 0.3 is 6.18 Å². The van der Waals surface area contributed by atoms with Crippen LogP contribution in [-0.2, 0) is 13.1 Å². The lowest BCUT2D eigenvalue weighted by Crippen LogP contribution is -2.19. The molecule has 1 N–H and O–H groups in total. The Balaban J connectivity index is 2.04. The van der Waals surface area contributed by atoms with E-state index in [1.165, 1.54) is 0 Å². The summed E-state index contributed by atoms with van der Waals surface area (Å²) in [7, 11) is 0. The van der Waals surface area contributed by atoms with Crippen molar-refractivity contribution in [3.05, 3.63) is 35.5 Å². The first-order valence-electron chi connectivity index (χ1n) is 5.97. The molecule has 0 saturated carbocycles. The first-order chi connectivity index (χ1) is 9.35. The van der Waals surface area contributed by atoms with Gasteiger partial charge in [-0.1, -0.05) is 0 Å². The number of anilines is 1. The van der Waals surface area contributed by atoms with E-state index in [0.29, 0.717) is 18.1 Å². The number of rotatable bonds is 4. The average molecular weight is 285 g/mol. The summed E-state index contributed by atoms with van der Waals surface area (Å²) in [5.74, 6) is 0.386. The van der Waals surface area contributed by atoms with Gasteiger partial charge in [-0.05, 0) is 13.8 Å². The number of aromatic nitrogens is 4. The fourth-order valence-electron chi connectivity index (χ4n) is 1.71. The molecule has 2 heterocycles. The highest BCUT2D eigenvalue weighted by atomic mass is 19.4. The fraction of sp³-hybridized carbons (Fsp3) is 0.417. The predicted octanol–water partition coefficient (Wildman–Crippen LogP) is 2.46.